The lowest BCUT2D eigenvalue weighted by Gasteiger charge is -2.49. The molecule has 1 aliphatic heterocycles. The van der Waals surface area contributed by atoms with Gasteiger partial charge in [0.25, 0.3) is 0 Å². The lowest BCUT2D eigenvalue weighted by molar-refractivity contribution is 0.0697. The fourth-order valence-electron chi connectivity index (χ4n) is 5.92. The van der Waals surface area contributed by atoms with Crippen molar-refractivity contribution in [3.8, 4) is 11.3 Å². The van der Waals surface area contributed by atoms with E-state index in [4.69, 9.17) is 32.8 Å². The summed E-state index contributed by atoms with van der Waals surface area (Å²) in [6.45, 7) is 3.24. The number of rotatable bonds is 7. The molecule has 0 radical (unpaired) electrons. The predicted molar refractivity (Wildman–Crippen MR) is 146 cm³/mol. The van der Waals surface area contributed by atoms with Gasteiger partial charge < -0.3 is 14.5 Å². The fourth-order valence-corrected chi connectivity index (χ4v) is 6.49. The minimum absolute atomic E-state index is 0.343. The van der Waals surface area contributed by atoms with Gasteiger partial charge in [0.1, 0.15) is 11.5 Å². The van der Waals surface area contributed by atoms with E-state index in [9.17, 15) is 4.79 Å². The van der Waals surface area contributed by atoms with Crippen LogP contribution in [-0.2, 0) is 6.42 Å². The van der Waals surface area contributed by atoms with Crippen LogP contribution in [0.15, 0.2) is 52.6 Å². The van der Waals surface area contributed by atoms with Gasteiger partial charge in [-0.15, -0.1) is 0 Å². The molecule has 2 saturated carbocycles. The van der Waals surface area contributed by atoms with Crippen LogP contribution in [0.1, 0.15) is 71.7 Å². The monoisotopic (exact) mass is 536 g/mol. The smallest absolute Gasteiger partial charge is 0.335 e. The van der Waals surface area contributed by atoms with E-state index >= 15 is 0 Å². The molecular weight excluding hydrogens is 507 g/mol. The van der Waals surface area contributed by atoms with Gasteiger partial charge in [0, 0.05) is 23.6 Å². The lowest BCUT2D eigenvalue weighted by Crippen LogP contribution is -2.45. The average molecular weight is 537 g/mol. The average Bonchev–Trinajstić information content (AvgIpc) is 3.64. The lowest BCUT2D eigenvalue weighted by atomic mass is 9.60. The van der Waals surface area contributed by atoms with Gasteiger partial charge in [-0.3, -0.25) is 0 Å². The number of carbonyl (C=O) groups is 1. The predicted octanol–water partition coefficient (Wildman–Crippen LogP) is 7.73. The second kappa shape index (κ2) is 9.94. The van der Waals surface area contributed by atoms with Gasteiger partial charge in [0.05, 0.1) is 15.6 Å². The van der Waals surface area contributed by atoms with Crippen molar-refractivity contribution in [3.05, 3.63) is 80.5 Å². The van der Waals surface area contributed by atoms with Crippen LogP contribution in [-0.4, -0.2) is 40.8 Å². The van der Waals surface area contributed by atoms with Crippen molar-refractivity contribution in [3.63, 3.8) is 0 Å². The molecule has 1 aromatic heterocycles. The number of aromatic carboxylic acids is 1. The minimum atomic E-state index is -0.876. The first-order chi connectivity index (χ1) is 17.9. The summed E-state index contributed by atoms with van der Waals surface area (Å²) < 4.78 is 5.84. The van der Waals surface area contributed by atoms with Crippen LogP contribution < -0.4 is 0 Å². The van der Waals surface area contributed by atoms with Crippen molar-refractivity contribution >= 4 is 35.2 Å². The van der Waals surface area contributed by atoms with E-state index < -0.39 is 5.97 Å². The van der Waals surface area contributed by atoms with Crippen LogP contribution in [0.25, 0.3) is 17.3 Å². The number of piperidine rings is 1. The molecule has 1 saturated heterocycles. The Kier molecular flexibility index (Phi) is 6.64. The van der Waals surface area contributed by atoms with Gasteiger partial charge in [-0.05, 0) is 99.4 Å². The number of benzene rings is 2. The van der Waals surface area contributed by atoms with Gasteiger partial charge in [-0.1, -0.05) is 52.1 Å². The fraction of sp³-hybridized carbons (Fsp3) is 0.400. The molecule has 6 rings (SSSR count). The molecule has 0 atom stereocenters. The summed E-state index contributed by atoms with van der Waals surface area (Å²) in [5.74, 6) is 0.552. The zero-order valence-electron chi connectivity index (χ0n) is 20.7. The second-order valence-electron chi connectivity index (χ2n) is 10.9. The number of carboxylic acid groups (broad SMARTS) is 1. The summed E-state index contributed by atoms with van der Waals surface area (Å²) in [5.41, 5.74) is 5.98. The van der Waals surface area contributed by atoms with Gasteiger partial charge in [0.15, 0.2) is 0 Å². The van der Waals surface area contributed by atoms with Crippen LogP contribution in [0.5, 0.6) is 0 Å². The first kappa shape index (κ1) is 24.7. The highest BCUT2D eigenvalue weighted by Crippen LogP contribution is 2.54. The Morgan fingerprint density at radius 3 is 2.38 bits per heavy atom. The molecule has 3 fully saturated rings. The number of aromatic nitrogens is 1. The maximum Gasteiger partial charge on any atom is 0.335 e. The Labute approximate surface area is 227 Å². The third-order valence-corrected chi connectivity index (χ3v) is 8.92. The molecule has 192 valence electrons. The molecule has 1 N–H and O–H groups in total. The highest BCUT2D eigenvalue weighted by Gasteiger charge is 2.43. The largest absolute Gasteiger partial charge is 0.478 e. The molecule has 0 bridgehead atoms. The summed E-state index contributed by atoms with van der Waals surface area (Å²) in [6, 6.07) is 12.8. The third kappa shape index (κ3) is 5.09. The molecule has 1 spiro atoms. The van der Waals surface area contributed by atoms with Crippen molar-refractivity contribution in [1.82, 2.24) is 10.1 Å². The van der Waals surface area contributed by atoms with E-state index in [0.717, 1.165) is 74.3 Å². The van der Waals surface area contributed by atoms with Crippen molar-refractivity contribution in [1.29, 1.82) is 0 Å². The van der Waals surface area contributed by atoms with Crippen LogP contribution >= 0.6 is 23.2 Å². The Bertz CT molecular complexity index is 1320. The van der Waals surface area contributed by atoms with Gasteiger partial charge in [0.2, 0.25) is 0 Å². The topological polar surface area (TPSA) is 66.6 Å². The summed E-state index contributed by atoms with van der Waals surface area (Å²) in [6.07, 6.45) is 10.2. The van der Waals surface area contributed by atoms with Crippen molar-refractivity contribution in [2.24, 2.45) is 5.41 Å². The first-order valence-corrected chi connectivity index (χ1v) is 13.8. The van der Waals surface area contributed by atoms with Crippen LogP contribution in [0.2, 0.25) is 10.0 Å². The van der Waals surface area contributed by atoms with E-state index in [0.29, 0.717) is 26.9 Å². The molecule has 37 heavy (non-hydrogen) atoms. The van der Waals surface area contributed by atoms with Gasteiger partial charge in [-0.2, -0.15) is 0 Å². The van der Waals surface area contributed by atoms with E-state index in [-0.39, 0.29) is 0 Å². The van der Waals surface area contributed by atoms with Crippen LogP contribution in [0.3, 0.4) is 0 Å². The third-order valence-electron chi connectivity index (χ3n) is 8.29. The van der Waals surface area contributed by atoms with Crippen molar-refractivity contribution in [2.75, 3.05) is 19.6 Å². The SMILES string of the molecule is O=C(O)c1ccc(CCN2CCC3(CC2)CC(=Cc2c(-c4c(Cl)cccc4Cl)noc2C2CC2)C3)cc1. The molecule has 7 heteroatoms. The number of likely N-dealkylation sites (tertiary alicyclic amines) is 1. The first-order valence-electron chi connectivity index (χ1n) is 13.1. The zero-order valence-corrected chi connectivity index (χ0v) is 22.2. The van der Waals surface area contributed by atoms with Crippen LogP contribution in [0.4, 0.5) is 0 Å². The van der Waals surface area contributed by atoms with Gasteiger partial charge >= 0.3 is 5.97 Å². The van der Waals surface area contributed by atoms with Crippen LogP contribution in [0, 0.1) is 5.41 Å². The molecule has 3 aromatic rings. The molecule has 2 aromatic carbocycles. The zero-order chi connectivity index (χ0) is 25.6. The van der Waals surface area contributed by atoms with E-state index in [1.165, 1.54) is 24.0 Å². The number of allylic oxidation sites excluding steroid dienone is 1. The molecule has 0 amide bonds. The maximum atomic E-state index is 11.1. The summed E-state index contributed by atoms with van der Waals surface area (Å²) in [7, 11) is 0. The van der Waals surface area contributed by atoms with Crippen molar-refractivity contribution in [2.45, 2.75) is 50.9 Å². The van der Waals surface area contributed by atoms with E-state index in [1.807, 2.05) is 30.3 Å². The van der Waals surface area contributed by atoms with E-state index in [2.05, 4.69) is 16.1 Å². The van der Waals surface area contributed by atoms with E-state index in [1.54, 1.807) is 12.1 Å². The summed E-state index contributed by atoms with van der Waals surface area (Å²) in [5, 5.41) is 14.7. The number of halogens is 2. The standard InChI is InChI=1S/C30H30Cl2N2O3/c31-24-2-1-3-25(32)26(24)27-23(28(37-33-27)21-8-9-21)16-20-17-30(18-20)11-14-34(15-12-30)13-10-19-4-6-22(7-5-19)29(35)36/h1-7,16,21H,8-15,17-18H2,(H,35,36). The Morgan fingerprint density at radius 2 is 1.76 bits per heavy atom. The molecule has 5 nitrogen and oxygen atoms in total. The van der Waals surface area contributed by atoms with Crippen molar-refractivity contribution < 1.29 is 14.4 Å². The molecule has 2 aliphatic carbocycles. The summed E-state index contributed by atoms with van der Waals surface area (Å²) >= 11 is 13.0. The summed E-state index contributed by atoms with van der Waals surface area (Å²) in [4.78, 5) is 13.6. The molecule has 0 unspecified atom stereocenters. The maximum absolute atomic E-state index is 11.1. The molecule has 3 aliphatic rings. The number of nitrogens with zero attached hydrogens (tertiary/aromatic N) is 2. The normalized spacial score (nSPS) is 19.1. The second-order valence-corrected chi connectivity index (χ2v) is 11.7. The number of hydrogen-bond donors (Lipinski definition) is 1. The van der Waals surface area contributed by atoms with Gasteiger partial charge in [-0.25, -0.2) is 4.79 Å². The Morgan fingerprint density at radius 1 is 1.08 bits per heavy atom. The number of carboxylic acids is 1. The quantitative estimate of drug-likeness (QED) is 0.334. The minimum Gasteiger partial charge on any atom is -0.478 e. The number of hydrogen-bond acceptors (Lipinski definition) is 4. The Hall–Kier alpha value is -2.60. The highest BCUT2D eigenvalue weighted by molar-refractivity contribution is 6.39. The molecule has 2 heterocycles. The molecular formula is C30H30Cl2N2O3. The Balaban J connectivity index is 1.09. The highest BCUT2D eigenvalue weighted by atomic mass is 35.5.